The van der Waals surface area contributed by atoms with Crippen molar-refractivity contribution in [3.63, 3.8) is 0 Å². The molecule has 0 fully saturated rings. The van der Waals surface area contributed by atoms with Crippen LogP contribution in [0.2, 0.25) is 0 Å². The molecule has 0 saturated carbocycles. The van der Waals surface area contributed by atoms with E-state index in [0.29, 0.717) is 12.0 Å². The molecule has 0 bridgehead atoms. The fourth-order valence-corrected chi connectivity index (χ4v) is 1.63. The molecular formula is C14H21N3O3. The Kier molecular flexibility index (Phi) is 5.61. The molecule has 2 N–H and O–H groups in total. The minimum absolute atomic E-state index is 0.130. The maximum absolute atomic E-state index is 11.7. The number of aromatic nitrogens is 2. The average molecular weight is 279 g/mol. The van der Waals surface area contributed by atoms with E-state index in [1.807, 2.05) is 0 Å². The van der Waals surface area contributed by atoms with Gasteiger partial charge in [0, 0.05) is 6.54 Å². The highest BCUT2D eigenvalue weighted by Gasteiger charge is 2.11. The maximum Gasteiger partial charge on any atom is 0.356 e. The smallest absolute Gasteiger partial charge is 0.356 e. The molecule has 0 aromatic carbocycles. The van der Waals surface area contributed by atoms with Crippen LogP contribution in [0, 0.1) is 5.41 Å². The molecule has 20 heavy (non-hydrogen) atoms. The summed E-state index contributed by atoms with van der Waals surface area (Å²) in [6.45, 7) is 7.14. The third-order valence-electron chi connectivity index (χ3n) is 2.74. The van der Waals surface area contributed by atoms with Gasteiger partial charge in [0.1, 0.15) is 5.69 Å². The number of rotatable bonds is 6. The molecule has 0 radical (unpaired) electrons. The van der Waals surface area contributed by atoms with E-state index in [4.69, 9.17) is 5.11 Å². The number of carbonyl (C=O) groups excluding carboxylic acids is 1. The van der Waals surface area contributed by atoms with Gasteiger partial charge in [0.15, 0.2) is 5.69 Å². The van der Waals surface area contributed by atoms with Crippen molar-refractivity contribution in [2.45, 2.75) is 40.0 Å². The zero-order chi connectivity index (χ0) is 15.2. The van der Waals surface area contributed by atoms with E-state index in [1.165, 1.54) is 6.20 Å². The predicted octanol–water partition coefficient (Wildman–Crippen LogP) is 2.12. The molecular weight excluding hydrogens is 258 g/mol. The van der Waals surface area contributed by atoms with Crippen LogP contribution >= 0.6 is 0 Å². The Morgan fingerprint density at radius 2 is 1.75 bits per heavy atom. The molecule has 1 aromatic heterocycles. The van der Waals surface area contributed by atoms with Gasteiger partial charge < -0.3 is 10.4 Å². The lowest BCUT2D eigenvalue weighted by atomic mass is 9.90. The number of aromatic carboxylic acids is 1. The minimum atomic E-state index is -1.16. The van der Waals surface area contributed by atoms with Crippen LogP contribution in [0.1, 0.15) is 61.0 Å². The summed E-state index contributed by atoms with van der Waals surface area (Å²) in [4.78, 5) is 29.8. The first-order valence-electron chi connectivity index (χ1n) is 6.63. The van der Waals surface area contributed by atoms with Gasteiger partial charge in [-0.15, -0.1) is 0 Å². The third kappa shape index (κ3) is 5.77. The number of hydrogen-bond donors (Lipinski definition) is 2. The van der Waals surface area contributed by atoms with Crippen LogP contribution in [0.25, 0.3) is 0 Å². The number of unbranched alkanes of at least 4 members (excludes halogenated alkanes) is 1. The fourth-order valence-electron chi connectivity index (χ4n) is 1.63. The van der Waals surface area contributed by atoms with Crippen molar-refractivity contribution >= 4 is 11.9 Å². The number of carbonyl (C=O) groups is 2. The number of carboxylic acid groups (broad SMARTS) is 1. The van der Waals surface area contributed by atoms with Crippen molar-refractivity contribution in [3.05, 3.63) is 23.8 Å². The molecule has 1 heterocycles. The van der Waals surface area contributed by atoms with Gasteiger partial charge in [-0.25, -0.2) is 14.8 Å². The van der Waals surface area contributed by atoms with Crippen LogP contribution in [-0.4, -0.2) is 33.5 Å². The zero-order valence-electron chi connectivity index (χ0n) is 12.1. The summed E-state index contributed by atoms with van der Waals surface area (Å²) >= 11 is 0. The SMILES string of the molecule is CC(C)(C)CCCCNC(=O)c1cnc(C(=O)O)cn1. The standard InChI is InChI=1S/C14H21N3O3/c1-14(2,3)6-4-5-7-15-12(18)10-8-17-11(9-16-10)13(19)20/h8-9H,4-7H2,1-3H3,(H,15,18)(H,19,20). The summed E-state index contributed by atoms with van der Waals surface area (Å²) < 4.78 is 0. The van der Waals surface area contributed by atoms with Gasteiger partial charge in [-0.1, -0.05) is 27.2 Å². The highest BCUT2D eigenvalue weighted by molar-refractivity contribution is 5.92. The van der Waals surface area contributed by atoms with E-state index >= 15 is 0 Å². The van der Waals surface area contributed by atoms with Gasteiger partial charge in [0.25, 0.3) is 5.91 Å². The topological polar surface area (TPSA) is 92.2 Å². The maximum atomic E-state index is 11.7. The van der Waals surface area contributed by atoms with E-state index < -0.39 is 5.97 Å². The first kappa shape index (κ1) is 16.1. The Morgan fingerprint density at radius 1 is 1.15 bits per heavy atom. The van der Waals surface area contributed by atoms with Crippen LogP contribution in [-0.2, 0) is 0 Å². The Balaban J connectivity index is 2.34. The number of carboxylic acids is 1. The van der Waals surface area contributed by atoms with Crippen LogP contribution in [0.15, 0.2) is 12.4 Å². The molecule has 0 aliphatic carbocycles. The average Bonchev–Trinajstić information content (AvgIpc) is 2.37. The summed E-state index contributed by atoms with van der Waals surface area (Å²) in [7, 11) is 0. The van der Waals surface area contributed by atoms with Crippen molar-refractivity contribution in [1.29, 1.82) is 0 Å². The predicted molar refractivity (Wildman–Crippen MR) is 74.6 cm³/mol. The Hall–Kier alpha value is -1.98. The molecule has 1 rings (SSSR count). The Bertz CT molecular complexity index is 464. The van der Waals surface area contributed by atoms with E-state index in [9.17, 15) is 9.59 Å². The number of hydrogen-bond acceptors (Lipinski definition) is 4. The third-order valence-corrected chi connectivity index (χ3v) is 2.74. The Labute approximate surface area is 118 Å². The second-order valence-electron chi connectivity index (χ2n) is 5.87. The van der Waals surface area contributed by atoms with E-state index in [2.05, 4.69) is 36.1 Å². The summed E-state index contributed by atoms with van der Waals surface area (Å²) in [6, 6.07) is 0. The van der Waals surface area contributed by atoms with Gasteiger partial charge in [-0.05, 0) is 18.3 Å². The van der Waals surface area contributed by atoms with Crippen LogP contribution in [0.3, 0.4) is 0 Å². The zero-order valence-corrected chi connectivity index (χ0v) is 12.1. The second kappa shape index (κ2) is 6.98. The molecule has 1 amide bonds. The monoisotopic (exact) mass is 279 g/mol. The van der Waals surface area contributed by atoms with Crippen LogP contribution in [0.5, 0.6) is 0 Å². The number of nitrogens with one attached hydrogen (secondary N) is 1. The van der Waals surface area contributed by atoms with Gasteiger partial charge in [-0.3, -0.25) is 4.79 Å². The van der Waals surface area contributed by atoms with E-state index in [1.54, 1.807) is 0 Å². The largest absolute Gasteiger partial charge is 0.476 e. The molecule has 6 nitrogen and oxygen atoms in total. The van der Waals surface area contributed by atoms with Crippen molar-refractivity contribution in [3.8, 4) is 0 Å². The van der Waals surface area contributed by atoms with Crippen LogP contribution in [0.4, 0.5) is 0 Å². The summed E-state index contributed by atoms with van der Waals surface area (Å²) in [5.41, 5.74) is 0.264. The molecule has 110 valence electrons. The highest BCUT2D eigenvalue weighted by atomic mass is 16.4. The van der Waals surface area contributed by atoms with E-state index in [-0.39, 0.29) is 17.3 Å². The first-order chi connectivity index (χ1) is 9.29. The molecule has 0 spiro atoms. The molecule has 6 heteroatoms. The Morgan fingerprint density at radius 3 is 2.25 bits per heavy atom. The lowest BCUT2D eigenvalue weighted by molar-refractivity contribution is 0.0689. The normalized spacial score (nSPS) is 11.2. The van der Waals surface area contributed by atoms with Gasteiger partial charge in [0.2, 0.25) is 0 Å². The molecule has 0 atom stereocenters. The lowest BCUT2D eigenvalue weighted by Gasteiger charge is -2.17. The molecule has 1 aromatic rings. The lowest BCUT2D eigenvalue weighted by Crippen LogP contribution is -2.26. The minimum Gasteiger partial charge on any atom is -0.476 e. The fraction of sp³-hybridized carbons (Fsp3) is 0.571. The highest BCUT2D eigenvalue weighted by Crippen LogP contribution is 2.21. The van der Waals surface area contributed by atoms with Crippen LogP contribution < -0.4 is 5.32 Å². The number of nitrogens with zero attached hydrogens (tertiary/aromatic N) is 2. The van der Waals surface area contributed by atoms with Crippen molar-refractivity contribution in [2.75, 3.05) is 6.54 Å². The summed E-state index contributed by atoms with van der Waals surface area (Å²) in [6.07, 6.45) is 5.32. The van der Waals surface area contributed by atoms with Gasteiger partial charge >= 0.3 is 5.97 Å². The van der Waals surface area contributed by atoms with Gasteiger partial charge in [-0.2, -0.15) is 0 Å². The second-order valence-corrected chi connectivity index (χ2v) is 5.87. The van der Waals surface area contributed by atoms with Crippen molar-refractivity contribution in [1.82, 2.24) is 15.3 Å². The molecule has 0 saturated heterocycles. The van der Waals surface area contributed by atoms with E-state index in [0.717, 1.165) is 25.5 Å². The summed E-state index contributed by atoms with van der Waals surface area (Å²) in [5, 5.41) is 11.4. The number of amides is 1. The van der Waals surface area contributed by atoms with Crippen molar-refractivity contribution < 1.29 is 14.7 Å². The van der Waals surface area contributed by atoms with Gasteiger partial charge in [0.05, 0.1) is 12.4 Å². The first-order valence-corrected chi connectivity index (χ1v) is 6.63. The molecule has 0 aliphatic rings. The molecule has 0 aliphatic heterocycles. The molecule has 0 unspecified atom stereocenters. The summed E-state index contributed by atoms with van der Waals surface area (Å²) in [5.74, 6) is -1.49. The van der Waals surface area contributed by atoms with Crippen molar-refractivity contribution in [2.24, 2.45) is 5.41 Å². The quantitative estimate of drug-likeness (QED) is 0.778.